The first-order valence-electron chi connectivity index (χ1n) is 7.11. The summed E-state index contributed by atoms with van der Waals surface area (Å²) < 4.78 is 5.30. The van der Waals surface area contributed by atoms with Crippen molar-refractivity contribution in [1.29, 1.82) is 0 Å². The first kappa shape index (κ1) is 17.7. The number of amides is 1. The molecule has 0 bridgehead atoms. The number of hydrogen-bond acceptors (Lipinski definition) is 4. The van der Waals surface area contributed by atoms with Crippen LogP contribution in [0.2, 0.25) is 0 Å². The minimum Gasteiger partial charge on any atom is -0.484 e. The second-order valence-corrected chi connectivity index (χ2v) is 5.14. The molecular weight excluding hydrogens is 286 g/mol. The van der Waals surface area contributed by atoms with Crippen LogP contribution in [-0.4, -0.2) is 35.4 Å². The molecule has 0 radical (unpaired) electrons. The Morgan fingerprint density at radius 2 is 2.00 bits per heavy atom. The van der Waals surface area contributed by atoms with Crippen molar-refractivity contribution in [3.63, 3.8) is 0 Å². The van der Waals surface area contributed by atoms with Crippen LogP contribution in [0, 0.1) is 5.92 Å². The largest absolute Gasteiger partial charge is 0.484 e. The van der Waals surface area contributed by atoms with E-state index in [9.17, 15) is 14.4 Å². The normalized spacial score (nSPS) is 13.0. The molecule has 22 heavy (non-hydrogen) atoms. The number of benzene rings is 1. The van der Waals surface area contributed by atoms with Crippen LogP contribution < -0.4 is 10.1 Å². The van der Waals surface area contributed by atoms with Crippen molar-refractivity contribution in [2.24, 2.45) is 5.92 Å². The highest BCUT2D eigenvalue weighted by atomic mass is 16.5. The summed E-state index contributed by atoms with van der Waals surface area (Å²) in [5.74, 6) is -1.47. The standard InChI is InChI=1S/C16H21NO5/c1-4-10(2)15(16(20)21)17-14(19)9-22-13-7-5-6-12(8-13)11(3)18/h5-8,10,15H,4,9H2,1-3H3,(H,17,19)(H,20,21)/t10-,15-/m0/s1. The van der Waals surface area contributed by atoms with Crippen molar-refractivity contribution in [2.45, 2.75) is 33.2 Å². The number of carbonyl (C=O) groups is 3. The van der Waals surface area contributed by atoms with Crippen LogP contribution in [0.4, 0.5) is 0 Å². The molecule has 0 fully saturated rings. The number of ether oxygens (including phenoxy) is 1. The maximum atomic E-state index is 11.8. The Morgan fingerprint density at radius 1 is 1.32 bits per heavy atom. The average Bonchev–Trinajstić information content (AvgIpc) is 2.49. The highest BCUT2D eigenvalue weighted by Gasteiger charge is 2.25. The van der Waals surface area contributed by atoms with E-state index in [4.69, 9.17) is 9.84 Å². The molecule has 0 aliphatic rings. The molecule has 0 aromatic heterocycles. The van der Waals surface area contributed by atoms with Crippen LogP contribution in [0.25, 0.3) is 0 Å². The lowest BCUT2D eigenvalue weighted by Gasteiger charge is -2.20. The molecule has 0 aliphatic carbocycles. The first-order valence-corrected chi connectivity index (χ1v) is 7.11. The Bertz CT molecular complexity index is 555. The van der Waals surface area contributed by atoms with Gasteiger partial charge in [-0.25, -0.2) is 4.79 Å². The van der Waals surface area contributed by atoms with E-state index < -0.39 is 17.9 Å². The number of nitrogens with one attached hydrogen (secondary N) is 1. The minimum atomic E-state index is -1.07. The smallest absolute Gasteiger partial charge is 0.326 e. The fourth-order valence-corrected chi connectivity index (χ4v) is 1.85. The molecule has 120 valence electrons. The summed E-state index contributed by atoms with van der Waals surface area (Å²) in [7, 11) is 0. The van der Waals surface area contributed by atoms with E-state index in [1.165, 1.54) is 6.92 Å². The number of ketones is 1. The minimum absolute atomic E-state index is 0.0994. The van der Waals surface area contributed by atoms with E-state index >= 15 is 0 Å². The number of Topliss-reactive ketones (excluding diaryl/α,β-unsaturated/α-hetero) is 1. The molecule has 1 rings (SSSR count). The maximum Gasteiger partial charge on any atom is 0.326 e. The topological polar surface area (TPSA) is 92.7 Å². The average molecular weight is 307 g/mol. The van der Waals surface area contributed by atoms with Gasteiger partial charge < -0.3 is 15.2 Å². The van der Waals surface area contributed by atoms with Crippen molar-refractivity contribution in [3.8, 4) is 5.75 Å². The number of hydrogen-bond donors (Lipinski definition) is 2. The number of carboxylic acids is 1. The van der Waals surface area contributed by atoms with Crippen molar-refractivity contribution in [2.75, 3.05) is 6.61 Å². The van der Waals surface area contributed by atoms with Crippen LogP contribution in [0.15, 0.2) is 24.3 Å². The molecule has 1 amide bonds. The Morgan fingerprint density at radius 3 is 2.55 bits per heavy atom. The lowest BCUT2D eigenvalue weighted by Crippen LogP contribution is -2.46. The third-order valence-corrected chi connectivity index (χ3v) is 3.41. The fourth-order valence-electron chi connectivity index (χ4n) is 1.85. The van der Waals surface area contributed by atoms with Crippen molar-refractivity contribution in [3.05, 3.63) is 29.8 Å². The van der Waals surface area contributed by atoms with E-state index in [0.717, 1.165) is 0 Å². The van der Waals surface area contributed by atoms with Crippen LogP contribution >= 0.6 is 0 Å². The summed E-state index contributed by atoms with van der Waals surface area (Å²) in [6, 6.07) is 5.54. The van der Waals surface area contributed by atoms with Gasteiger partial charge in [0.05, 0.1) is 0 Å². The van der Waals surface area contributed by atoms with Crippen LogP contribution in [0.5, 0.6) is 5.75 Å². The Balaban J connectivity index is 2.60. The predicted octanol–water partition coefficient (Wildman–Crippen LogP) is 1.88. The molecule has 0 aliphatic heterocycles. The third-order valence-electron chi connectivity index (χ3n) is 3.41. The lowest BCUT2D eigenvalue weighted by atomic mass is 9.99. The summed E-state index contributed by atoms with van der Waals surface area (Å²) in [5, 5.41) is 11.6. The summed E-state index contributed by atoms with van der Waals surface area (Å²) in [6.45, 7) is 4.75. The van der Waals surface area contributed by atoms with E-state index in [0.29, 0.717) is 17.7 Å². The van der Waals surface area contributed by atoms with Gasteiger partial charge in [0.1, 0.15) is 11.8 Å². The zero-order chi connectivity index (χ0) is 16.7. The Hall–Kier alpha value is -2.37. The molecule has 0 saturated heterocycles. The van der Waals surface area contributed by atoms with Gasteiger partial charge >= 0.3 is 5.97 Å². The zero-order valence-electron chi connectivity index (χ0n) is 13.0. The molecule has 0 spiro atoms. The Kier molecular flexibility index (Phi) is 6.56. The molecular formula is C16H21NO5. The van der Waals surface area contributed by atoms with Gasteiger partial charge in [0.15, 0.2) is 12.4 Å². The molecule has 0 unspecified atom stereocenters. The summed E-state index contributed by atoms with van der Waals surface area (Å²) >= 11 is 0. The molecule has 2 atom stereocenters. The van der Waals surface area contributed by atoms with E-state index in [2.05, 4.69) is 5.32 Å². The Labute approximate surface area is 129 Å². The van der Waals surface area contributed by atoms with E-state index in [1.807, 2.05) is 6.92 Å². The van der Waals surface area contributed by atoms with Gasteiger partial charge in [0.2, 0.25) is 0 Å². The predicted molar refractivity (Wildman–Crippen MR) is 81.0 cm³/mol. The molecule has 0 heterocycles. The van der Waals surface area contributed by atoms with Crippen molar-refractivity contribution >= 4 is 17.7 Å². The highest BCUT2D eigenvalue weighted by Crippen LogP contribution is 2.14. The quantitative estimate of drug-likeness (QED) is 0.715. The molecule has 1 aromatic rings. The second kappa shape index (κ2) is 8.17. The van der Waals surface area contributed by atoms with Crippen LogP contribution in [-0.2, 0) is 9.59 Å². The molecule has 0 saturated carbocycles. The van der Waals surface area contributed by atoms with Crippen molar-refractivity contribution < 1.29 is 24.2 Å². The second-order valence-electron chi connectivity index (χ2n) is 5.14. The van der Waals surface area contributed by atoms with Gasteiger partial charge in [-0.1, -0.05) is 32.4 Å². The summed E-state index contributed by atoms with van der Waals surface area (Å²) in [6.07, 6.45) is 0.638. The summed E-state index contributed by atoms with van der Waals surface area (Å²) in [5.41, 5.74) is 0.487. The number of carbonyl (C=O) groups excluding carboxylic acids is 2. The maximum absolute atomic E-state index is 11.8. The summed E-state index contributed by atoms with van der Waals surface area (Å²) in [4.78, 5) is 34.2. The number of rotatable bonds is 8. The molecule has 6 heteroatoms. The monoisotopic (exact) mass is 307 g/mol. The molecule has 1 aromatic carbocycles. The first-order chi connectivity index (χ1) is 10.3. The number of aliphatic carboxylic acids is 1. The molecule has 6 nitrogen and oxygen atoms in total. The lowest BCUT2D eigenvalue weighted by molar-refractivity contribution is -0.143. The van der Waals surface area contributed by atoms with Crippen molar-refractivity contribution in [1.82, 2.24) is 5.32 Å². The van der Waals surface area contributed by atoms with Gasteiger partial charge in [-0.05, 0) is 25.0 Å². The number of carboxylic acid groups (broad SMARTS) is 1. The van der Waals surface area contributed by atoms with E-state index in [1.54, 1.807) is 31.2 Å². The van der Waals surface area contributed by atoms with E-state index in [-0.39, 0.29) is 18.3 Å². The van der Waals surface area contributed by atoms with Crippen LogP contribution in [0.3, 0.4) is 0 Å². The van der Waals surface area contributed by atoms with Crippen LogP contribution in [0.1, 0.15) is 37.6 Å². The fraction of sp³-hybridized carbons (Fsp3) is 0.438. The van der Waals surface area contributed by atoms with Gasteiger partial charge in [0, 0.05) is 5.56 Å². The van der Waals surface area contributed by atoms with Gasteiger partial charge in [-0.15, -0.1) is 0 Å². The van der Waals surface area contributed by atoms with Gasteiger partial charge in [0.25, 0.3) is 5.91 Å². The van der Waals surface area contributed by atoms with Gasteiger partial charge in [-0.3, -0.25) is 9.59 Å². The SMILES string of the molecule is CC[C@H](C)[C@H](NC(=O)COc1cccc(C(C)=O)c1)C(=O)O. The zero-order valence-corrected chi connectivity index (χ0v) is 13.0. The highest BCUT2D eigenvalue weighted by molar-refractivity contribution is 5.94. The van der Waals surface area contributed by atoms with Gasteiger partial charge in [-0.2, -0.15) is 0 Å². The third kappa shape index (κ3) is 5.20. The molecule has 2 N–H and O–H groups in total.